The van der Waals surface area contributed by atoms with E-state index in [-0.39, 0.29) is 17.7 Å². The Balaban J connectivity index is 1.73. The number of carbonyl (C=O) groups is 2. The van der Waals surface area contributed by atoms with Gasteiger partial charge < -0.3 is 15.6 Å². The molecule has 160 valence electrons. The molecule has 0 saturated heterocycles. The fraction of sp³-hybridized carbons (Fsp3) is 0.304. The van der Waals surface area contributed by atoms with Crippen molar-refractivity contribution in [2.24, 2.45) is 5.92 Å². The highest BCUT2D eigenvalue weighted by Gasteiger charge is 2.24. The van der Waals surface area contributed by atoms with Crippen LogP contribution >= 0.6 is 11.8 Å². The van der Waals surface area contributed by atoms with Gasteiger partial charge in [0.25, 0.3) is 0 Å². The number of rotatable bonds is 6. The summed E-state index contributed by atoms with van der Waals surface area (Å²) in [5.41, 5.74) is 3.99. The maximum Gasteiger partial charge on any atom is 0.227 e. The number of benzene rings is 1. The second-order valence-corrected chi connectivity index (χ2v) is 8.39. The van der Waals surface area contributed by atoms with Crippen LogP contribution in [0.15, 0.2) is 47.8 Å². The van der Waals surface area contributed by atoms with E-state index in [1.54, 1.807) is 6.20 Å². The van der Waals surface area contributed by atoms with Gasteiger partial charge in [-0.05, 0) is 37.3 Å². The van der Waals surface area contributed by atoms with Gasteiger partial charge in [-0.3, -0.25) is 9.59 Å². The predicted molar refractivity (Wildman–Crippen MR) is 124 cm³/mol. The molecule has 3 N–H and O–H groups in total. The lowest BCUT2D eigenvalue weighted by Gasteiger charge is -2.14. The van der Waals surface area contributed by atoms with Crippen molar-refractivity contribution in [3.63, 3.8) is 0 Å². The van der Waals surface area contributed by atoms with Crippen LogP contribution in [0, 0.1) is 5.92 Å². The summed E-state index contributed by atoms with van der Waals surface area (Å²) in [6.07, 6.45) is 7.72. The van der Waals surface area contributed by atoms with Crippen molar-refractivity contribution in [3.05, 3.63) is 42.6 Å². The normalized spacial score (nSPS) is 13.9. The van der Waals surface area contributed by atoms with Gasteiger partial charge in [0.1, 0.15) is 5.82 Å². The molecule has 1 fully saturated rings. The van der Waals surface area contributed by atoms with Gasteiger partial charge in [0.15, 0.2) is 5.16 Å². The summed E-state index contributed by atoms with van der Waals surface area (Å²) >= 11 is 1.51. The lowest BCUT2D eigenvalue weighted by molar-refractivity contribution is -0.119. The number of imidazole rings is 1. The first-order valence-electron chi connectivity index (χ1n) is 10.3. The molecule has 31 heavy (non-hydrogen) atoms. The van der Waals surface area contributed by atoms with Gasteiger partial charge in [-0.25, -0.2) is 9.97 Å². The molecule has 0 aliphatic heterocycles. The van der Waals surface area contributed by atoms with Crippen molar-refractivity contribution >= 4 is 35.1 Å². The Morgan fingerprint density at radius 1 is 1.13 bits per heavy atom. The van der Waals surface area contributed by atoms with E-state index in [1.165, 1.54) is 18.7 Å². The minimum Gasteiger partial charge on any atom is -0.332 e. The Morgan fingerprint density at radius 3 is 2.65 bits per heavy atom. The first-order chi connectivity index (χ1) is 15.0. The number of hydrogen-bond acceptors (Lipinski definition) is 5. The van der Waals surface area contributed by atoms with Crippen molar-refractivity contribution in [2.45, 2.75) is 37.8 Å². The third-order valence-electron chi connectivity index (χ3n) is 5.39. The Kier molecular flexibility index (Phi) is 6.36. The van der Waals surface area contributed by atoms with Crippen molar-refractivity contribution in [1.82, 2.24) is 15.0 Å². The maximum atomic E-state index is 12.8. The number of pyridine rings is 1. The van der Waals surface area contributed by atoms with Gasteiger partial charge in [0, 0.05) is 30.2 Å². The molecule has 2 heterocycles. The Morgan fingerprint density at radius 2 is 1.90 bits per heavy atom. The molecule has 4 rings (SSSR count). The lowest BCUT2D eigenvalue weighted by Crippen LogP contribution is -2.20. The van der Waals surface area contributed by atoms with Gasteiger partial charge >= 0.3 is 0 Å². The molecule has 7 nitrogen and oxygen atoms in total. The number of hydrogen-bond donors (Lipinski definition) is 3. The zero-order valence-electron chi connectivity index (χ0n) is 17.6. The molecule has 2 amide bonds. The number of anilines is 2. The number of nitrogens with one attached hydrogen (secondary N) is 3. The molecule has 1 aromatic carbocycles. The molecule has 0 atom stereocenters. The first kappa shape index (κ1) is 21.1. The van der Waals surface area contributed by atoms with E-state index in [0.717, 1.165) is 59.0 Å². The van der Waals surface area contributed by atoms with E-state index in [9.17, 15) is 9.59 Å². The standard InChI is InChI=1S/C23H25N5O2S/c1-14(29)25-19-13-16(11-12-24-19)20-21(28-23(27-20)31-2)17-9-5-6-10-18(17)26-22(30)15-7-3-4-8-15/h5-6,9-13,15H,3-4,7-8H2,1-2H3,(H,26,30)(H,27,28)(H,24,25,29). The van der Waals surface area contributed by atoms with Crippen LogP contribution in [-0.4, -0.2) is 33.0 Å². The van der Waals surface area contributed by atoms with E-state index >= 15 is 0 Å². The molecule has 3 aromatic rings. The van der Waals surface area contributed by atoms with Crippen molar-refractivity contribution in [3.8, 4) is 22.5 Å². The third-order valence-corrected chi connectivity index (χ3v) is 5.97. The number of nitrogens with zero attached hydrogens (tertiary/aromatic N) is 2. The average molecular weight is 436 g/mol. The smallest absolute Gasteiger partial charge is 0.227 e. The summed E-state index contributed by atoms with van der Waals surface area (Å²) in [6, 6.07) is 11.4. The third kappa shape index (κ3) is 4.80. The second-order valence-electron chi connectivity index (χ2n) is 7.60. The molecule has 1 aliphatic rings. The number of carbonyl (C=O) groups excluding carboxylic acids is 2. The second kappa shape index (κ2) is 9.34. The van der Waals surface area contributed by atoms with Crippen LogP contribution in [0.2, 0.25) is 0 Å². The molecular weight excluding hydrogens is 410 g/mol. The molecule has 1 saturated carbocycles. The molecule has 0 bridgehead atoms. The topological polar surface area (TPSA) is 99.8 Å². The zero-order chi connectivity index (χ0) is 21.8. The summed E-state index contributed by atoms with van der Waals surface area (Å²) in [6.45, 7) is 1.45. The van der Waals surface area contributed by atoms with Crippen LogP contribution in [0.5, 0.6) is 0 Å². The maximum absolute atomic E-state index is 12.8. The quantitative estimate of drug-likeness (QED) is 0.476. The SMILES string of the molecule is CSc1nc(-c2ccccc2NC(=O)C2CCCC2)c(-c2ccnc(NC(C)=O)c2)[nH]1. The fourth-order valence-corrected chi connectivity index (χ4v) is 4.29. The first-order valence-corrected chi connectivity index (χ1v) is 11.6. The van der Waals surface area contributed by atoms with E-state index < -0.39 is 0 Å². The number of aromatic amines is 1. The van der Waals surface area contributed by atoms with Gasteiger partial charge in [-0.15, -0.1) is 0 Å². The zero-order valence-corrected chi connectivity index (χ0v) is 18.4. The summed E-state index contributed by atoms with van der Waals surface area (Å²) < 4.78 is 0. The summed E-state index contributed by atoms with van der Waals surface area (Å²) in [5, 5.41) is 6.61. The van der Waals surface area contributed by atoms with Crippen LogP contribution < -0.4 is 10.6 Å². The van der Waals surface area contributed by atoms with E-state index in [0.29, 0.717) is 5.82 Å². The number of para-hydroxylation sites is 1. The highest BCUT2D eigenvalue weighted by atomic mass is 32.2. The number of amides is 2. The number of H-pyrrole nitrogens is 1. The van der Waals surface area contributed by atoms with E-state index in [2.05, 4.69) is 20.6 Å². The van der Waals surface area contributed by atoms with E-state index in [4.69, 9.17) is 4.98 Å². The fourth-order valence-electron chi connectivity index (χ4n) is 3.91. The average Bonchev–Trinajstić information content (AvgIpc) is 3.44. The predicted octanol–water partition coefficient (Wildman–Crippen LogP) is 4.95. The van der Waals surface area contributed by atoms with Crippen LogP contribution in [0.4, 0.5) is 11.5 Å². The van der Waals surface area contributed by atoms with Gasteiger partial charge in [0.2, 0.25) is 11.8 Å². The summed E-state index contributed by atoms with van der Waals surface area (Å²) in [7, 11) is 0. The minimum absolute atomic E-state index is 0.0731. The minimum atomic E-state index is -0.181. The van der Waals surface area contributed by atoms with Crippen LogP contribution in [-0.2, 0) is 9.59 Å². The highest BCUT2D eigenvalue weighted by Crippen LogP contribution is 2.37. The van der Waals surface area contributed by atoms with Crippen molar-refractivity contribution in [2.75, 3.05) is 16.9 Å². The van der Waals surface area contributed by atoms with Crippen LogP contribution in [0.3, 0.4) is 0 Å². The van der Waals surface area contributed by atoms with Crippen LogP contribution in [0.1, 0.15) is 32.6 Å². The van der Waals surface area contributed by atoms with Crippen molar-refractivity contribution in [1.29, 1.82) is 0 Å². The van der Waals surface area contributed by atoms with Gasteiger partial charge in [-0.2, -0.15) is 0 Å². The molecule has 2 aromatic heterocycles. The number of aromatic nitrogens is 3. The summed E-state index contributed by atoms with van der Waals surface area (Å²) in [4.78, 5) is 36.6. The van der Waals surface area contributed by atoms with Crippen molar-refractivity contribution < 1.29 is 9.59 Å². The summed E-state index contributed by atoms with van der Waals surface area (Å²) in [5.74, 6) is 0.441. The Labute approximate surface area is 185 Å². The Bertz CT molecular complexity index is 1100. The Hall–Kier alpha value is -3.13. The largest absolute Gasteiger partial charge is 0.332 e. The molecule has 8 heteroatoms. The van der Waals surface area contributed by atoms with Crippen LogP contribution in [0.25, 0.3) is 22.5 Å². The molecule has 0 spiro atoms. The monoisotopic (exact) mass is 435 g/mol. The molecule has 1 aliphatic carbocycles. The lowest BCUT2D eigenvalue weighted by atomic mass is 10.0. The molecular formula is C23H25N5O2S. The van der Waals surface area contributed by atoms with Gasteiger partial charge in [0.05, 0.1) is 17.1 Å². The van der Waals surface area contributed by atoms with Gasteiger partial charge in [-0.1, -0.05) is 42.8 Å². The highest BCUT2D eigenvalue weighted by molar-refractivity contribution is 7.98. The molecule has 0 unspecified atom stereocenters. The molecule has 0 radical (unpaired) electrons. The number of thioether (sulfide) groups is 1. The van der Waals surface area contributed by atoms with E-state index in [1.807, 2.05) is 42.7 Å².